The number of rotatable bonds is 6. The Morgan fingerprint density at radius 3 is 2.73 bits per heavy atom. The molecule has 0 aliphatic carbocycles. The number of hydrogen-bond donors (Lipinski definition) is 2. The van der Waals surface area contributed by atoms with Gasteiger partial charge >= 0.3 is 6.01 Å². The van der Waals surface area contributed by atoms with Gasteiger partial charge in [-0.25, -0.2) is 4.98 Å². The quantitative estimate of drug-likeness (QED) is 0.718. The summed E-state index contributed by atoms with van der Waals surface area (Å²) in [6, 6.07) is 10.5. The molecule has 0 saturated carbocycles. The first-order chi connectivity index (χ1) is 10.3. The van der Waals surface area contributed by atoms with Crippen molar-refractivity contribution in [1.29, 1.82) is 0 Å². The van der Waals surface area contributed by atoms with Crippen molar-refractivity contribution >= 4 is 29.8 Å². The van der Waals surface area contributed by atoms with Crippen LogP contribution in [0.15, 0.2) is 40.1 Å². The molecular weight excluding hydrogens is 322 g/mol. The molecule has 3 aromatic rings. The Bertz CT molecular complexity index is 700. The number of anilines is 1. The van der Waals surface area contributed by atoms with Crippen molar-refractivity contribution in [2.24, 2.45) is 5.73 Å². The summed E-state index contributed by atoms with van der Waals surface area (Å²) < 4.78 is 5.27. The molecule has 8 heteroatoms. The fourth-order valence-electron chi connectivity index (χ4n) is 1.85. The van der Waals surface area contributed by atoms with Crippen molar-refractivity contribution in [3.63, 3.8) is 0 Å². The van der Waals surface area contributed by atoms with Crippen LogP contribution in [0.2, 0.25) is 0 Å². The Morgan fingerprint density at radius 1 is 1.18 bits per heavy atom. The fourth-order valence-corrected chi connectivity index (χ4v) is 2.66. The van der Waals surface area contributed by atoms with Gasteiger partial charge in [-0.3, -0.25) is 0 Å². The number of thiazole rings is 1. The molecule has 0 aliphatic heterocycles. The number of nitrogens with two attached hydrogens (primary N) is 1. The number of hydrogen-bond acceptors (Lipinski definition) is 7. The predicted molar refractivity (Wildman–Crippen MR) is 89.2 cm³/mol. The van der Waals surface area contributed by atoms with Crippen molar-refractivity contribution in [2.75, 3.05) is 11.9 Å². The summed E-state index contributed by atoms with van der Waals surface area (Å²) in [5.41, 5.74) is 7.56. The van der Waals surface area contributed by atoms with Gasteiger partial charge in [0.1, 0.15) is 0 Å². The lowest BCUT2D eigenvalue weighted by molar-refractivity contribution is 0.507. The molecule has 0 aliphatic rings. The Hall–Kier alpha value is -1.96. The SMILES string of the molecule is Cl.NCc1nnc(NCCc2nc(-c3ccccc3)cs2)o1. The fraction of sp³-hybridized carbons (Fsp3) is 0.214. The van der Waals surface area contributed by atoms with Crippen molar-refractivity contribution in [3.05, 3.63) is 46.6 Å². The van der Waals surface area contributed by atoms with Gasteiger partial charge in [0.15, 0.2) is 0 Å². The molecule has 0 spiro atoms. The number of nitrogens with one attached hydrogen (secondary N) is 1. The third-order valence-corrected chi connectivity index (χ3v) is 3.79. The summed E-state index contributed by atoms with van der Waals surface area (Å²) in [7, 11) is 0. The minimum Gasteiger partial charge on any atom is -0.407 e. The van der Waals surface area contributed by atoms with Crippen LogP contribution in [0.25, 0.3) is 11.3 Å². The number of halogens is 1. The molecule has 1 aromatic carbocycles. The first kappa shape index (κ1) is 16.4. The smallest absolute Gasteiger partial charge is 0.315 e. The average molecular weight is 338 g/mol. The topological polar surface area (TPSA) is 89.9 Å². The molecule has 0 bridgehead atoms. The van der Waals surface area contributed by atoms with Crippen LogP contribution in [-0.4, -0.2) is 21.7 Å². The van der Waals surface area contributed by atoms with Gasteiger partial charge in [0.2, 0.25) is 5.89 Å². The summed E-state index contributed by atoms with van der Waals surface area (Å²) in [5.74, 6) is 0.429. The van der Waals surface area contributed by atoms with Crippen LogP contribution in [0.5, 0.6) is 0 Å². The van der Waals surface area contributed by atoms with Gasteiger partial charge in [-0.1, -0.05) is 35.4 Å². The largest absolute Gasteiger partial charge is 0.407 e. The molecular formula is C14H16ClN5OS. The zero-order valence-corrected chi connectivity index (χ0v) is 13.4. The van der Waals surface area contributed by atoms with Crippen molar-refractivity contribution in [2.45, 2.75) is 13.0 Å². The van der Waals surface area contributed by atoms with Gasteiger partial charge in [0.05, 0.1) is 17.2 Å². The van der Waals surface area contributed by atoms with Gasteiger partial charge in [-0.05, 0) is 0 Å². The minimum absolute atomic E-state index is 0. The lowest BCUT2D eigenvalue weighted by Crippen LogP contribution is -2.04. The lowest BCUT2D eigenvalue weighted by atomic mass is 10.2. The summed E-state index contributed by atoms with van der Waals surface area (Å²) in [5, 5.41) is 13.8. The monoisotopic (exact) mass is 337 g/mol. The second-order valence-electron chi connectivity index (χ2n) is 4.37. The van der Waals surface area contributed by atoms with E-state index in [4.69, 9.17) is 10.2 Å². The Kier molecular flexibility index (Phi) is 5.88. The number of aromatic nitrogens is 3. The van der Waals surface area contributed by atoms with E-state index in [1.165, 1.54) is 0 Å². The highest BCUT2D eigenvalue weighted by Gasteiger charge is 2.06. The van der Waals surface area contributed by atoms with Crippen LogP contribution < -0.4 is 11.1 Å². The third-order valence-electron chi connectivity index (χ3n) is 2.88. The van der Waals surface area contributed by atoms with Crippen molar-refractivity contribution < 1.29 is 4.42 Å². The van der Waals surface area contributed by atoms with E-state index < -0.39 is 0 Å². The van der Waals surface area contributed by atoms with Gasteiger partial charge in [-0.2, -0.15) is 0 Å². The van der Waals surface area contributed by atoms with Crippen LogP contribution in [0.1, 0.15) is 10.9 Å². The van der Waals surface area contributed by atoms with E-state index in [0.29, 0.717) is 18.5 Å². The van der Waals surface area contributed by atoms with Crippen LogP contribution >= 0.6 is 23.7 Å². The first-order valence-electron chi connectivity index (χ1n) is 6.61. The van der Waals surface area contributed by atoms with E-state index in [-0.39, 0.29) is 19.0 Å². The summed E-state index contributed by atoms with van der Waals surface area (Å²) in [6.45, 7) is 0.940. The van der Waals surface area contributed by atoms with Gasteiger partial charge < -0.3 is 15.5 Å². The van der Waals surface area contributed by atoms with Crippen LogP contribution in [0.3, 0.4) is 0 Å². The van der Waals surface area contributed by atoms with Crippen LogP contribution in [0, 0.1) is 0 Å². The number of benzene rings is 1. The van der Waals surface area contributed by atoms with E-state index >= 15 is 0 Å². The highest BCUT2D eigenvalue weighted by Crippen LogP contribution is 2.21. The molecule has 0 fully saturated rings. The second-order valence-corrected chi connectivity index (χ2v) is 5.32. The molecule has 22 heavy (non-hydrogen) atoms. The van der Waals surface area contributed by atoms with Crippen molar-refractivity contribution in [3.8, 4) is 11.3 Å². The normalized spacial score (nSPS) is 10.2. The summed E-state index contributed by atoms with van der Waals surface area (Å²) in [6.07, 6.45) is 0.803. The first-order valence-corrected chi connectivity index (χ1v) is 7.49. The highest BCUT2D eigenvalue weighted by atomic mass is 35.5. The van der Waals surface area contributed by atoms with Crippen LogP contribution in [0.4, 0.5) is 6.01 Å². The minimum atomic E-state index is 0. The number of nitrogens with zero attached hydrogens (tertiary/aromatic N) is 3. The summed E-state index contributed by atoms with van der Waals surface area (Å²) in [4.78, 5) is 4.62. The molecule has 0 atom stereocenters. The maximum absolute atomic E-state index is 5.41. The zero-order chi connectivity index (χ0) is 14.5. The third kappa shape index (κ3) is 4.03. The summed E-state index contributed by atoms with van der Waals surface area (Å²) >= 11 is 1.65. The lowest BCUT2D eigenvalue weighted by Gasteiger charge is -1.98. The Labute approximate surface area is 138 Å². The standard InChI is InChI=1S/C14H15N5OS.ClH/c15-8-12-18-19-14(20-12)16-7-6-13-17-11(9-21-13)10-4-2-1-3-5-10;/h1-5,9H,6-8,15H2,(H,16,19);1H. The highest BCUT2D eigenvalue weighted by molar-refractivity contribution is 7.09. The molecule has 2 heterocycles. The van der Waals surface area contributed by atoms with Gasteiger partial charge in [0, 0.05) is 23.9 Å². The van der Waals surface area contributed by atoms with E-state index in [2.05, 4.69) is 38.0 Å². The average Bonchev–Trinajstić information content (AvgIpc) is 3.17. The van der Waals surface area contributed by atoms with E-state index in [1.54, 1.807) is 11.3 Å². The Morgan fingerprint density at radius 2 is 2.00 bits per heavy atom. The second kappa shape index (κ2) is 7.88. The predicted octanol–water partition coefficient (Wildman–Crippen LogP) is 2.73. The molecule has 3 N–H and O–H groups in total. The van der Waals surface area contributed by atoms with E-state index in [9.17, 15) is 0 Å². The van der Waals surface area contributed by atoms with E-state index in [0.717, 1.165) is 22.7 Å². The Balaban J connectivity index is 0.00000176. The molecule has 2 aromatic heterocycles. The molecule has 0 amide bonds. The van der Waals surface area contributed by atoms with Crippen LogP contribution in [-0.2, 0) is 13.0 Å². The maximum atomic E-state index is 5.41. The molecule has 116 valence electrons. The zero-order valence-electron chi connectivity index (χ0n) is 11.7. The molecule has 3 rings (SSSR count). The molecule has 0 saturated heterocycles. The molecule has 0 unspecified atom stereocenters. The van der Waals surface area contributed by atoms with Crippen molar-refractivity contribution in [1.82, 2.24) is 15.2 Å². The van der Waals surface area contributed by atoms with Gasteiger partial charge in [0.25, 0.3) is 0 Å². The van der Waals surface area contributed by atoms with Gasteiger partial charge in [-0.15, -0.1) is 28.8 Å². The van der Waals surface area contributed by atoms with E-state index in [1.807, 2.05) is 18.2 Å². The maximum Gasteiger partial charge on any atom is 0.315 e. The molecule has 0 radical (unpaired) electrons. The molecule has 6 nitrogen and oxygen atoms in total.